The Morgan fingerprint density at radius 3 is 2.45 bits per heavy atom. The predicted octanol–water partition coefficient (Wildman–Crippen LogP) is 3.86. The molecule has 10 heteroatoms. The summed E-state index contributed by atoms with van der Waals surface area (Å²) in [7, 11) is 0. The highest BCUT2D eigenvalue weighted by Crippen LogP contribution is 2.35. The molecule has 0 bridgehead atoms. The van der Waals surface area contributed by atoms with E-state index in [1.54, 1.807) is 6.08 Å². The molecule has 3 amide bonds. The smallest absolute Gasteiger partial charge is 0.286 e. The molecule has 2 N–H and O–H groups in total. The van der Waals surface area contributed by atoms with Gasteiger partial charge < -0.3 is 9.88 Å². The lowest BCUT2D eigenvalue weighted by Gasteiger charge is -2.25. The number of halogens is 3. The number of allylic oxidation sites excluding steroid dienone is 1. The molecule has 2 aliphatic rings. The van der Waals surface area contributed by atoms with Crippen molar-refractivity contribution in [3.63, 3.8) is 0 Å². The zero-order valence-electron chi connectivity index (χ0n) is 20.3. The Morgan fingerprint density at radius 1 is 1.03 bits per heavy atom. The van der Waals surface area contributed by atoms with Gasteiger partial charge in [0.15, 0.2) is 0 Å². The number of carbonyl (C=O) groups excluding carboxylic acids is 3. The second-order valence-electron chi connectivity index (χ2n) is 9.18. The molecule has 0 spiro atoms. The molecule has 0 saturated heterocycles. The summed E-state index contributed by atoms with van der Waals surface area (Å²) in [6, 6.07) is 13.7. The van der Waals surface area contributed by atoms with Crippen molar-refractivity contribution in [1.82, 2.24) is 20.3 Å². The van der Waals surface area contributed by atoms with Crippen molar-refractivity contribution in [3.8, 4) is 0 Å². The molecule has 1 atom stereocenters. The Bertz CT molecular complexity index is 1490. The van der Waals surface area contributed by atoms with Crippen molar-refractivity contribution in [1.29, 1.82) is 0 Å². The fourth-order valence-corrected chi connectivity index (χ4v) is 4.49. The largest absolute Gasteiger partial charge is 0.349 e. The average molecular weight is 521 g/mol. The summed E-state index contributed by atoms with van der Waals surface area (Å²) in [4.78, 5) is 39.0. The molecule has 0 saturated carbocycles. The molecule has 2 heterocycles. The molecule has 0 fully saturated rings. The molecule has 1 aliphatic heterocycles. The maximum absolute atomic E-state index is 15.4. The van der Waals surface area contributed by atoms with E-state index < -0.39 is 41.6 Å². The summed E-state index contributed by atoms with van der Waals surface area (Å²) in [6.45, 7) is 0.335. The van der Waals surface area contributed by atoms with Crippen molar-refractivity contribution in [3.05, 3.63) is 107 Å². The van der Waals surface area contributed by atoms with Crippen LogP contribution in [0.15, 0.2) is 73.1 Å². The van der Waals surface area contributed by atoms with E-state index in [1.807, 2.05) is 47.2 Å². The number of hydrazine groups is 1. The average Bonchev–Trinajstić information content (AvgIpc) is 3.28. The third kappa shape index (κ3) is 4.60. The normalized spacial score (nSPS) is 16.0. The number of benzene rings is 2. The number of nitrogens with one attached hydrogen (secondary N) is 2. The lowest BCUT2D eigenvalue weighted by Crippen LogP contribution is -2.56. The van der Waals surface area contributed by atoms with E-state index in [-0.39, 0.29) is 5.56 Å². The van der Waals surface area contributed by atoms with Gasteiger partial charge in [0.25, 0.3) is 23.4 Å². The number of nitrogens with zero attached hydrogens (tertiary/aromatic N) is 2. The Labute approximate surface area is 216 Å². The van der Waals surface area contributed by atoms with Crippen LogP contribution in [-0.2, 0) is 27.3 Å². The molecule has 5 rings (SSSR count). The quantitative estimate of drug-likeness (QED) is 0.485. The van der Waals surface area contributed by atoms with Gasteiger partial charge in [0, 0.05) is 24.4 Å². The molecule has 194 valence electrons. The van der Waals surface area contributed by atoms with Gasteiger partial charge in [0.2, 0.25) is 0 Å². The summed E-state index contributed by atoms with van der Waals surface area (Å²) in [5.41, 5.74) is 2.48. The Kier molecular flexibility index (Phi) is 6.40. The van der Waals surface area contributed by atoms with Gasteiger partial charge in [-0.2, -0.15) is 0 Å². The molecule has 0 radical (unpaired) electrons. The van der Waals surface area contributed by atoms with E-state index >= 15 is 4.39 Å². The summed E-state index contributed by atoms with van der Waals surface area (Å²) < 4.78 is 44.1. The fourth-order valence-electron chi connectivity index (χ4n) is 4.49. The fraction of sp³-hybridized carbons (Fsp3) is 0.179. The standard InChI is InChI=1S/C28H23F3N4O3/c1-28(31,26(37)32-15-17-12-20(29)14-21(30)13-17)27(38)33-35-16-23(18-6-3-2-4-7-18)34-11-10-19-8-5-9-22(24(19)34)25(35)36/h2-4,6-7,9-14,16H,5,8,15H2,1H3,(H,32,37)(H,33,38). The zero-order valence-corrected chi connectivity index (χ0v) is 20.3. The van der Waals surface area contributed by atoms with Gasteiger partial charge in [0.1, 0.15) is 11.6 Å². The van der Waals surface area contributed by atoms with Crippen LogP contribution in [0.4, 0.5) is 13.2 Å². The molecular weight excluding hydrogens is 497 g/mol. The van der Waals surface area contributed by atoms with Crippen LogP contribution in [-0.4, -0.2) is 33.0 Å². The molecule has 3 aromatic rings. The maximum atomic E-state index is 15.4. The first-order valence-corrected chi connectivity index (χ1v) is 11.9. The van der Waals surface area contributed by atoms with E-state index in [1.165, 1.54) is 6.20 Å². The summed E-state index contributed by atoms with van der Waals surface area (Å²) >= 11 is 0. The van der Waals surface area contributed by atoms with Crippen LogP contribution in [0.5, 0.6) is 0 Å². The lowest BCUT2D eigenvalue weighted by atomic mass is 9.96. The first-order valence-electron chi connectivity index (χ1n) is 11.9. The minimum atomic E-state index is -3.11. The SMILES string of the molecule is CC(F)(C(=O)NCc1cc(F)cc(F)c1)C(=O)NN1C=C(c2ccccc2)n2ccc3c2C(=CCC3)C1=O. The Hall–Kier alpha value is -4.60. The Morgan fingerprint density at radius 2 is 1.74 bits per heavy atom. The second kappa shape index (κ2) is 9.70. The monoisotopic (exact) mass is 520 g/mol. The third-order valence-electron chi connectivity index (χ3n) is 6.47. The summed E-state index contributed by atoms with van der Waals surface area (Å²) in [5.74, 6) is -5.03. The summed E-state index contributed by atoms with van der Waals surface area (Å²) in [6.07, 6.45) is 6.35. The molecule has 1 aliphatic carbocycles. The zero-order chi connectivity index (χ0) is 27.0. The van der Waals surface area contributed by atoms with E-state index in [4.69, 9.17) is 0 Å². The van der Waals surface area contributed by atoms with Crippen LogP contribution in [0.3, 0.4) is 0 Å². The lowest BCUT2D eigenvalue weighted by molar-refractivity contribution is -0.149. The van der Waals surface area contributed by atoms with Gasteiger partial charge >= 0.3 is 0 Å². The molecule has 1 aromatic heterocycles. The van der Waals surface area contributed by atoms with Gasteiger partial charge in [-0.25, -0.2) is 18.2 Å². The number of amides is 3. The van der Waals surface area contributed by atoms with Crippen LogP contribution < -0.4 is 10.7 Å². The van der Waals surface area contributed by atoms with Gasteiger partial charge in [-0.15, -0.1) is 0 Å². The topological polar surface area (TPSA) is 83.4 Å². The minimum Gasteiger partial charge on any atom is -0.349 e. The van der Waals surface area contributed by atoms with Crippen molar-refractivity contribution in [2.75, 3.05) is 0 Å². The number of alkyl halides is 1. The number of aryl methyl sites for hydroxylation is 1. The van der Waals surface area contributed by atoms with Gasteiger partial charge in [0.05, 0.1) is 23.2 Å². The van der Waals surface area contributed by atoms with Crippen LogP contribution in [0.1, 0.15) is 35.7 Å². The molecule has 38 heavy (non-hydrogen) atoms. The van der Waals surface area contributed by atoms with Crippen molar-refractivity contribution < 1.29 is 27.6 Å². The van der Waals surface area contributed by atoms with Crippen molar-refractivity contribution >= 4 is 29.0 Å². The highest BCUT2D eigenvalue weighted by molar-refractivity contribution is 6.21. The highest BCUT2D eigenvalue weighted by atomic mass is 19.1. The minimum absolute atomic E-state index is 0.0483. The van der Waals surface area contributed by atoms with E-state index in [0.29, 0.717) is 29.5 Å². The van der Waals surface area contributed by atoms with Crippen LogP contribution in [0.2, 0.25) is 0 Å². The number of carbonyl (C=O) groups is 3. The first-order chi connectivity index (χ1) is 18.1. The van der Waals surface area contributed by atoms with E-state index in [9.17, 15) is 23.2 Å². The van der Waals surface area contributed by atoms with Gasteiger partial charge in [-0.3, -0.25) is 19.8 Å². The van der Waals surface area contributed by atoms with Crippen LogP contribution in [0, 0.1) is 11.6 Å². The highest BCUT2D eigenvalue weighted by Gasteiger charge is 2.43. The van der Waals surface area contributed by atoms with Crippen molar-refractivity contribution in [2.24, 2.45) is 0 Å². The van der Waals surface area contributed by atoms with Crippen LogP contribution >= 0.6 is 0 Å². The van der Waals surface area contributed by atoms with Gasteiger partial charge in [-0.1, -0.05) is 36.4 Å². The van der Waals surface area contributed by atoms with E-state index in [2.05, 4.69) is 10.7 Å². The predicted molar refractivity (Wildman–Crippen MR) is 133 cm³/mol. The molecule has 7 nitrogen and oxygen atoms in total. The number of hydrogen-bond acceptors (Lipinski definition) is 3. The van der Waals surface area contributed by atoms with E-state index in [0.717, 1.165) is 41.6 Å². The maximum Gasteiger partial charge on any atom is 0.286 e. The van der Waals surface area contributed by atoms with Crippen LogP contribution in [0.25, 0.3) is 11.3 Å². The van der Waals surface area contributed by atoms with Gasteiger partial charge in [-0.05, 0) is 49.1 Å². The second-order valence-corrected chi connectivity index (χ2v) is 9.18. The van der Waals surface area contributed by atoms with Crippen molar-refractivity contribution in [2.45, 2.75) is 32.0 Å². The number of rotatable bonds is 6. The molecular formula is C28H23F3N4O3. The number of aromatic nitrogens is 1. The third-order valence-corrected chi connectivity index (χ3v) is 6.47. The summed E-state index contributed by atoms with van der Waals surface area (Å²) in [5, 5.41) is 3.05. The number of hydrogen-bond donors (Lipinski definition) is 2. The molecule has 2 aromatic carbocycles. The Balaban J connectivity index is 1.41. The first kappa shape index (κ1) is 25.1. The molecule has 1 unspecified atom stereocenters.